The quantitative estimate of drug-likeness (QED) is 0.372. The van der Waals surface area contributed by atoms with E-state index in [0.29, 0.717) is 23.0 Å². The molecule has 0 spiro atoms. The molecular weight excluding hydrogens is 423 g/mol. The lowest BCUT2D eigenvalue weighted by Gasteiger charge is -2.19. The molecule has 14 nitrogen and oxygen atoms in total. The molecule has 4 heterocycles. The summed E-state index contributed by atoms with van der Waals surface area (Å²) in [6, 6.07) is 0.316. The van der Waals surface area contributed by atoms with Gasteiger partial charge in [-0.3, -0.25) is 13.6 Å². The number of fused-ring (bicyclic) bond motifs is 2. The SMILES string of the molecule is O=[N+]([O-])OC[C@H]1O[C@@H](n2cnc3c(NC4CCCC4)ncnc32)[C@@H]2OP(=O)(O)O[C@@H]21. The Morgan fingerprint density at radius 2 is 2.07 bits per heavy atom. The zero-order chi connectivity index (χ0) is 20.9. The van der Waals surface area contributed by atoms with Crippen LogP contribution in [0.4, 0.5) is 5.82 Å². The van der Waals surface area contributed by atoms with Crippen LogP contribution in [0.1, 0.15) is 31.9 Å². The molecule has 0 bridgehead atoms. The summed E-state index contributed by atoms with van der Waals surface area (Å²) in [7, 11) is -4.32. The Kier molecular flexibility index (Phi) is 4.82. The lowest BCUT2D eigenvalue weighted by Crippen LogP contribution is -2.32. The third kappa shape index (κ3) is 3.50. The van der Waals surface area contributed by atoms with E-state index < -0.39 is 44.1 Å². The van der Waals surface area contributed by atoms with Gasteiger partial charge >= 0.3 is 7.82 Å². The minimum absolute atomic E-state index is 0.316. The largest absolute Gasteiger partial charge is 0.473 e. The van der Waals surface area contributed by atoms with Gasteiger partial charge in [-0.1, -0.05) is 12.8 Å². The van der Waals surface area contributed by atoms with E-state index in [1.54, 1.807) is 0 Å². The monoisotopic (exact) mass is 442 g/mol. The van der Waals surface area contributed by atoms with Gasteiger partial charge in [0.1, 0.15) is 31.2 Å². The molecule has 0 aromatic carbocycles. The fourth-order valence-corrected chi connectivity index (χ4v) is 5.32. The van der Waals surface area contributed by atoms with E-state index in [9.17, 15) is 19.6 Å². The number of nitrogens with zero attached hydrogens (tertiary/aromatic N) is 5. The van der Waals surface area contributed by atoms with Crippen molar-refractivity contribution < 1.29 is 33.2 Å². The number of hydrogen-bond acceptors (Lipinski definition) is 11. The Bertz CT molecular complexity index is 1010. The summed E-state index contributed by atoms with van der Waals surface area (Å²) < 4.78 is 29.5. The predicted octanol–water partition coefficient (Wildman–Crippen LogP) is 1.17. The van der Waals surface area contributed by atoms with E-state index in [0.717, 1.165) is 25.7 Å². The van der Waals surface area contributed by atoms with E-state index in [4.69, 9.17) is 13.8 Å². The predicted molar refractivity (Wildman–Crippen MR) is 97.6 cm³/mol. The van der Waals surface area contributed by atoms with Crippen LogP contribution in [0.2, 0.25) is 0 Å². The molecule has 3 fully saturated rings. The molecule has 30 heavy (non-hydrogen) atoms. The average Bonchev–Trinajstić information content (AvgIpc) is 3.44. The first-order chi connectivity index (χ1) is 14.4. The number of aromatic nitrogens is 4. The molecule has 5 atom stereocenters. The third-order valence-electron chi connectivity index (χ3n) is 5.47. The lowest BCUT2D eigenvalue weighted by molar-refractivity contribution is -0.759. The number of imidazole rings is 1. The summed E-state index contributed by atoms with van der Waals surface area (Å²) in [6.07, 6.45) is 3.30. The number of hydrogen-bond donors (Lipinski definition) is 2. The van der Waals surface area contributed by atoms with Gasteiger partial charge in [-0.25, -0.2) is 19.5 Å². The molecule has 15 heteroatoms. The van der Waals surface area contributed by atoms with Gasteiger partial charge < -0.3 is 19.8 Å². The molecule has 162 valence electrons. The molecule has 2 aromatic heterocycles. The zero-order valence-electron chi connectivity index (χ0n) is 15.6. The lowest BCUT2D eigenvalue weighted by atomic mass is 10.1. The van der Waals surface area contributed by atoms with Crippen LogP contribution in [0.3, 0.4) is 0 Å². The topological polar surface area (TPSA) is 173 Å². The van der Waals surface area contributed by atoms with Crippen molar-refractivity contribution in [2.75, 3.05) is 11.9 Å². The summed E-state index contributed by atoms with van der Waals surface area (Å²) in [5.41, 5.74) is 0.939. The van der Waals surface area contributed by atoms with Gasteiger partial charge in [0.05, 0.1) is 6.33 Å². The van der Waals surface area contributed by atoms with Crippen LogP contribution < -0.4 is 5.32 Å². The standard InChI is InChI=1S/C15H19N6O8P/c22-21(23)26-5-9-11-12(29-30(24,25)28-11)15(27-9)20-7-18-10-13(16-6-17-14(10)20)19-8-3-1-2-4-8/h6-9,11-12,15H,1-5H2,(H,24,25)(H,16,17,19)/t9-,11-,12-,15-/m1/s1. The number of rotatable bonds is 6. The van der Waals surface area contributed by atoms with E-state index in [1.807, 2.05) is 0 Å². The number of anilines is 1. The van der Waals surface area contributed by atoms with Crippen LogP contribution in [-0.4, -0.2) is 60.5 Å². The number of ether oxygens (including phenoxy) is 1. The smallest absolute Gasteiger partial charge is 0.365 e. The Morgan fingerprint density at radius 1 is 1.30 bits per heavy atom. The highest BCUT2D eigenvalue weighted by Crippen LogP contribution is 2.58. The molecule has 2 aromatic rings. The van der Waals surface area contributed by atoms with Crippen molar-refractivity contribution in [3.05, 3.63) is 22.8 Å². The zero-order valence-corrected chi connectivity index (χ0v) is 16.5. The molecule has 2 N–H and O–H groups in total. The van der Waals surface area contributed by atoms with E-state index in [2.05, 4.69) is 25.1 Å². The highest BCUT2D eigenvalue weighted by atomic mass is 31.2. The molecule has 2 saturated heterocycles. The van der Waals surface area contributed by atoms with Gasteiger partial charge in [0.15, 0.2) is 23.2 Å². The summed E-state index contributed by atoms with van der Waals surface area (Å²) in [5.74, 6) is 0.588. The van der Waals surface area contributed by atoms with E-state index in [-0.39, 0.29) is 0 Å². The summed E-state index contributed by atoms with van der Waals surface area (Å²) in [4.78, 5) is 37.6. The Balaban J connectivity index is 1.45. The van der Waals surface area contributed by atoms with E-state index >= 15 is 0 Å². The van der Waals surface area contributed by atoms with E-state index in [1.165, 1.54) is 17.2 Å². The maximum Gasteiger partial charge on any atom is 0.473 e. The number of nitrogens with one attached hydrogen (secondary N) is 1. The molecule has 0 amide bonds. The maximum absolute atomic E-state index is 12.0. The first kappa shape index (κ1) is 19.6. The Morgan fingerprint density at radius 3 is 2.83 bits per heavy atom. The second-order valence-corrected chi connectivity index (χ2v) is 8.72. The van der Waals surface area contributed by atoms with Gasteiger partial charge in [0, 0.05) is 6.04 Å². The van der Waals surface area contributed by atoms with Gasteiger partial charge in [-0.15, -0.1) is 10.1 Å². The van der Waals surface area contributed by atoms with Crippen LogP contribution in [0.5, 0.6) is 0 Å². The maximum atomic E-state index is 12.0. The highest BCUT2D eigenvalue weighted by molar-refractivity contribution is 7.47. The first-order valence-corrected chi connectivity index (χ1v) is 11.0. The number of phosphoric acid groups is 1. The first-order valence-electron chi connectivity index (χ1n) is 9.48. The van der Waals surface area contributed by atoms with Crippen molar-refractivity contribution in [2.45, 2.75) is 56.3 Å². The van der Waals surface area contributed by atoms with Crippen molar-refractivity contribution in [3.8, 4) is 0 Å². The Labute approximate surface area is 169 Å². The van der Waals surface area contributed by atoms with Gasteiger partial charge in [0.2, 0.25) is 0 Å². The fourth-order valence-electron chi connectivity index (χ4n) is 4.18. The molecule has 2 aliphatic heterocycles. The van der Waals surface area contributed by atoms with Crippen LogP contribution >= 0.6 is 7.82 Å². The third-order valence-corrected chi connectivity index (χ3v) is 6.49. The minimum atomic E-state index is -4.32. The normalized spacial score (nSPS) is 33.8. The van der Waals surface area contributed by atoms with Gasteiger partial charge in [-0.05, 0) is 12.8 Å². The Hall–Kier alpha value is -2.38. The second-order valence-electron chi connectivity index (χ2n) is 7.37. The van der Waals surface area contributed by atoms with Crippen LogP contribution in [0, 0.1) is 10.1 Å². The van der Waals surface area contributed by atoms with Gasteiger partial charge in [0.25, 0.3) is 5.09 Å². The molecule has 1 saturated carbocycles. The van der Waals surface area contributed by atoms with Crippen molar-refractivity contribution >= 4 is 24.8 Å². The summed E-state index contributed by atoms with van der Waals surface area (Å²) in [6.45, 7) is -0.482. The highest BCUT2D eigenvalue weighted by Gasteiger charge is 2.58. The average molecular weight is 442 g/mol. The summed E-state index contributed by atoms with van der Waals surface area (Å²) in [5, 5.41) is 13.0. The van der Waals surface area contributed by atoms with Crippen molar-refractivity contribution in [1.82, 2.24) is 19.5 Å². The van der Waals surface area contributed by atoms with Gasteiger partial charge in [-0.2, -0.15) is 0 Å². The molecule has 1 unspecified atom stereocenters. The van der Waals surface area contributed by atoms with Crippen molar-refractivity contribution in [2.24, 2.45) is 0 Å². The van der Waals surface area contributed by atoms with Crippen molar-refractivity contribution in [3.63, 3.8) is 0 Å². The second kappa shape index (κ2) is 7.39. The molecular formula is C15H19N6O8P. The molecule has 1 aliphatic carbocycles. The minimum Gasteiger partial charge on any atom is -0.365 e. The van der Waals surface area contributed by atoms with Crippen LogP contribution in [0.25, 0.3) is 11.2 Å². The summed E-state index contributed by atoms with van der Waals surface area (Å²) >= 11 is 0. The van der Waals surface area contributed by atoms with Crippen LogP contribution in [-0.2, 0) is 23.2 Å². The van der Waals surface area contributed by atoms with Crippen molar-refractivity contribution in [1.29, 1.82) is 0 Å². The molecule has 3 aliphatic rings. The number of phosphoric ester groups is 1. The van der Waals surface area contributed by atoms with Crippen LogP contribution in [0.15, 0.2) is 12.7 Å². The molecule has 5 rings (SSSR count). The fraction of sp³-hybridized carbons (Fsp3) is 0.667. The molecule has 0 radical (unpaired) electrons.